The molecule has 3 rings (SSSR count). The molecule has 1 aromatic heterocycles. The monoisotopic (exact) mass is 249 g/mol. The van der Waals surface area contributed by atoms with Crippen molar-refractivity contribution in [2.75, 3.05) is 11.4 Å². The fourth-order valence-electron chi connectivity index (χ4n) is 2.64. The number of nitriles is 1. The molecule has 0 aliphatic carbocycles. The topological polar surface area (TPSA) is 39.9 Å². The molecule has 0 saturated heterocycles. The maximum atomic E-state index is 9.18. The number of hydrogen-bond acceptors (Lipinski definition) is 3. The van der Waals surface area contributed by atoms with Crippen molar-refractivity contribution in [1.29, 1.82) is 5.26 Å². The third kappa shape index (κ3) is 2.30. The van der Waals surface area contributed by atoms with Crippen molar-refractivity contribution in [2.24, 2.45) is 0 Å². The number of fused-ring (bicyclic) bond motifs is 1. The highest BCUT2D eigenvalue weighted by Gasteiger charge is 2.17. The second kappa shape index (κ2) is 5.11. The van der Waals surface area contributed by atoms with Crippen LogP contribution < -0.4 is 4.90 Å². The second-order valence-electron chi connectivity index (χ2n) is 4.78. The van der Waals surface area contributed by atoms with Crippen molar-refractivity contribution >= 4 is 5.69 Å². The van der Waals surface area contributed by atoms with E-state index in [4.69, 9.17) is 0 Å². The van der Waals surface area contributed by atoms with E-state index in [1.165, 1.54) is 11.1 Å². The fraction of sp³-hybridized carbons (Fsp3) is 0.250. The first-order valence-corrected chi connectivity index (χ1v) is 6.55. The molecular formula is C16H15N3. The van der Waals surface area contributed by atoms with Gasteiger partial charge in [-0.15, -0.1) is 0 Å². The summed E-state index contributed by atoms with van der Waals surface area (Å²) in [7, 11) is 0. The molecule has 19 heavy (non-hydrogen) atoms. The Morgan fingerprint density at radius 1 is 1.11 bits per heavy atom. The van der Waals surface area contributed by atoms with Crippen molar-refractivity contribution in [3.05, 3.63) is 59.4 Å². The second-order valence-corrected chi connectivity index (χ2v) is 4.78. The van der Waals surface area contributed by atoms with Crippen LogP contribution in [0.5, 0.6) is 0 Å². The third-order valence-electron chi connectivity index (χ3n) is 3.59. The van der Waals surface area contributed by atoms with E-state index in [0.717, 1.165) is 31.6 Å². The molecule has 0 unspecified atom stereocenters. The van der Waals surface area contributed by atoms with Gasteiger partial charge in [-0.1, -0.05) is 24.3 Å². The van der Waals surface area contributed by atoms with E-state index < -0.39 is 0 Å². The Balaban J connectivity index is 1.97. The Labute approximate surface area is 113 Å². The standard InChI is InChI=1S/C16H15N3/c17-11-15-16(8-3-9-18-15)19-10-4-7-13-5-1-2-6-14(13)12-19/h1-3,5-6,8-9H,4,7,10,12H2. The van der Waals surface area contributed by atoms with Crippen LogP contribution in [0.1, 0.15) is 23.2 Å². The maximum absolute atomic E-state index is 9.18. The van der Waals surface area contributed by atoms with Gasteiger partial charge in [-0.25, -0.2) is 4.98 Å². The summed E-state index contributed by atoms with van der Waals surface area (Å²) >= 11 is 0. The van der Waals surface area contributed by atoms with Gasteiger partial charge in [0.1, 0.15) is 6.07 Å². The van der Waals surface area contributed by atoms with E-state index in [-0.39, 0.29) is 0 Å². The van der Waals surface area contributed by atoms with Crippen LogP contribution in [-0.2, 0) is 13.0 Å². The first kappa shape index (κ1) is 11.7. The Morgan fingerprint density at radius 2 is 1.95 bits per heavy atom. The molecule has 0 radical (unpaired) electrons. The molecule has 1 aliphatic heterocycles. The van der Waals surface area contributed by atoms with Crippen LogP contribution in [0.2, 0.25) is 0 Å². The molecule has 3 heteroatoms. The van der Waals surface area contributed by atoms with Gasteiger partial charge in [-0.05, 0) is 36.1 Å². The Morgan fingerprint density at radius 3 is 2.79 bits per heavy atom. The van der Waals surface area contributed by atoms with E-state index in [2.05, 4.69) is 40.2 Å². The van der Waals surface area contributed by atoms with E-state index in [1.807, 2.05) is 12.1 Å². The van der Waals surface area contributed by atoms with Crippen molar-refractivity contribution < 1.29 is 0 Å². The molecule has 0 bridgehead atoms. The highest BCUT2D eigenvalue weighted by atomic mass is 15.1. The lowest BCUT2D eigenvalue weighted by Gasteiger charge is -2.23. The molecule has 2 aromatic rings. The van der Waals surface area contributed by atoms with Crippen LogP contribution in [0.25, 0.3) is 0 Å². The normalized spacial score (nSPS) is 14.4. The van der Waals surface area contributed by atoms with Crippen LogP contribution in [0.3, 0.4) is 0 Å². The summed E-state index contributed by atoms with van der Waals surface area (Å²) in [5.41, 5.74) is 4.24. The van der Waals surface area contributed by atoms with Gasteiger partial charge in [0.2, 0.25) is 0 Å². The average molecular weight is 249 g/mol. The van der Waals surface area contributed by atoms with Crippen LogP contribution in [-0.4, -0.2) is 11.5 Å². The number of aromatic nitrogens is 1. The molecule has 1 aromatic carbocycles. The summed E-state index contributed by atoms with van der Waals surface area (Å²) in [6, 6.07) is 14.6. The molecule has 94 valence electrons. The molecule has 0 N–H and O–H groups in total. The molecular weight excluding hydrogens is 234 g/mol. The minimum absolute atomic E-state index is 0.516. The summed E-state index contributed by atoms with van der Waals surface area (Å²) in [6.07, 6.45) is 3.89. The summed E-state index contributed by atoms with van der Waals surface area (Å²) < 4.78 is 0. The van der Waals surface area contributed by atoms with Crippen molar-refractivity contribution in [2.45, 2.75) is 19.4 Å². The molecule has 0 atom stereocenters. The average Bonchev–Trinajstić information content (AvgIpc) is 2.69. The minimum atomic E-state index is 0.516. The SMILES string of the molecule is N#Cc1ncccc1N1CCCc2ccccc2C1. The molecule has 1 aliphatic rings. The number of rotatable bonds is 1. The van der Waals surface area contributed by atoms with Crippen LogP contribution in [0, 0.1) is 11.3 Å². The Kier molecular flexibility index (Phi) is 3.16. The van der Waals surface area contributed by atoms with Gasteiger partial charge in [0.05, 0.1) is 5.69 Å². The predicted octanol–water partition coefficient (Wildman–Crippen LogP) is 2.91. The van der Waals surface area contributed by atoms with Gasteiger partial charge in [0.15, 0.2) is 5.69 Å². The van der Waals surface area contributed by atoms with E-state index in [0.29, 0.717) is 5.69 Å². The van der Waals surface area contributed by atoms with Gasteiger partial charge in [0.25, 0.3) is 0 Å². The van der Waals surface area contributed by atoms with E-state index in [9.17, 15) is 5.26 Å². The third-order valence-corrected chi connectivity index (χ3v) is 3.59. The number of nitrogens with zero attached hydrogens (tertiary/aromatic N) is 3. The molecule has 2 heterocycles. The fourth-order valence-corrected chi connectivity index (χ4v) is 2.64. The lowest BCUT2D eigenvalue weighted by Crippen LogP contribution is -2.23. The summed E-state index contributed by atoms with van der Waals surface area (Å²) in [4.78, 5) is 6.42. The summed E-state index contributed by atoms with van der Waals surface area (Å²) in [5.74, 6) is 0. The summed E-state index contributed by atoms with van der Waals surface area (Å²) in [6.45, 7) is 1.82. The number of aryl methyl sites for hydroxylation is 1. The van der Waals surface area contributed by atoms with E-state index in [1.54, 1.807) is 6.20 Å². The number of pyridine rings is 1. The van der Waals surface area contributed by atoms with Gasteiger partial charge in [0, 0.05) is 19.3 Å². The highest BCUT2D eigenvalue weighted by Crippen LogP contribution is 2.25. The van der Waals surface area contributed by atoms with Crippen molar-refractivity contribution in [1.82, 2.24) is 4.98 Å². The largest absolute Gasteiger partial charge is 0.365 e. The molecule has 0 fully saturated rings. The lowest BCUT2D eigenvalue weighted by molar-refractivity contribution is 0.763. The van der Waals surface area contributed by atoms with Crippen molar-refractivity contribution in [3.8, 4) is 6.07 Å². The Bertz CT molecular complexity index is 628. The quantitative estimate of drug-likeness (QED) is 0.780. The first-order valence-electron chi connectivity index (χ1n) is 6.55. The predicted molar refractivity (Wildman–Crippen MR) is 74.8 cm³/mol. The van der Waals surface area contributed by atoms with Crippen LogP contribution in [0.4, 0.5) is 5.69 Å². The van der Waals surface area contributed by atoms with Gasteiger partial charge >= 0.3 is 0 Å². The molecule has 3 nitrogen and oxygen atoms in total. The maximum Gasteiger partial charge on any atom is 0.163 e. The molecule has 0 spiro atoms. The van der Waals surface area contributed by atoms with Gasteiger partial charge in [-0.2, -0.15) is 5.26 Å². The molecule has 0 saturated carbocycles. The number of anilines is 1. The zero-order chi connectivity index (χ0) is 13.1. The van der Waals surface area contributed by atoms with Crippen LogP contribution in [0.15, 0.2) is 42.6 Å². The van der Waals surface area contributed by atoms with Gasteiger partial charge in [-0.3, -0.25) is 0 Å². The first-order chi connectivity index (χ1) is 9.38. The minimum Gasteiger partial charge on any atom is -0.365 e. The smallest absolute Gasteiger partial charge is 0.163 e. The van der Waals surface area contributed by atoms with E-state index >= 15 is 0 Å². The summed E-state index contributed by atoms with van der Waals surface area (Å²) in [5, 5.41) is 9.18. The highest BCUT2D eigenvalue weighted by molar-refractivity contribution is 5.56. The molecule has 0 amide bonds. The Hall–Kier alpha value is -2.34. The zero-order valence-corrected chi connectivity index (χ0v) is 10.7. The number of benzene rings is 1. The van der Waals surface area contributed by atoms with Crippen molar-refractivity contribution in [3.63, 3.8) is 0 Å². The van der Waals surface area contributed by atoms with Gasteiger partial charge < -0.3 is 4.90 Å². The lowest BCUT2D eigenvalue weighted by atomic mass is 10.0. The zero-order valence-electron chi connectivity index (χ0n) is 10.7. The number of hydrogen-bond donors (Lipinski definition) is 0. The van der Waals surface area contributed by atoms with Crippen LogP contribution >= 0.6 is 0 Å².